The molecule has 0 unspecified atom stereocenters. The van der Waals surface area contributed by atoms with Crippen LogP contribution in [0.3, 0.4) is 0 Å². The minimum atomic E-state index is 0.299. The third-order valence-corrected chi connectivity index (χ3v) is 5.84. The maximum atomic E-state index is 6.24. The fourth-order valence-corrected chi connectivity index (χ4v) is 4.56. The maximum absolute atomic E-state index is 6.24. The van der Waals surface area contributed by atoms with Gasteiger partial charge in [-0.25, -0.2) is 0 Å². The highest BCUT2D eigenvalue weighted by Crippen LogP contribution is 2.35. The summed E-state index contributed by atoms with van der Waals surface area (Å²) in [6.07, 6.45) is 9.23. The van der Waals surface area contributed by atoms with Crippen LogP contribution < -0.4 is 0 Å². The van der Waals surface area contributed by atoms with Crippen LogP contribution in [-0.2, 0) is 16.1 Å². The van der Waals surface area contributed by atoms with Crippen molar-refractivity contribution in [1.82, 2.24) is 9.88 Å². The fraction of sp³-hybridized carbons (Fsp3) is 0.737. The largest absolute Gasteiger partial charge is 0.379 e. The van der Waals surface area contributed by atoms with Crippen LogP contribution in [0.5, 0.6) is 0 Å². The van der Waals surface area contributed by atoms with Crippen LogP contribution >= 0.6 is 0 Å². The number of hydrogen-bond acceptors (Lipinski definition) is 4. The quantitative estimate of drug-likeness (QED) is 0.836. The van der Waals surface area contributed by atoms with Gasteiger partial charge in [0.05, 0.1) is 31.6 Å². The molecule has 0 spiro atoms. The molecule has 4 heteroatoms. The molecule has 0 bridgehead atoms. The lowest BCUT2D eigenvalue weighted by Gasteiger charge is -2.29. The van der Waals surface area contributed by atoms with Gasteiger partial charge in [-0.3, -0.25) is 9.88 Å². The van der Waals surface area contributed by atoms with Crippen LogP contribution in [0.1, 0.15) is 37.8 Å². The SMILES string of the molecule is c1ccc(CO[C@@H]2CN(CC3CCCCC3)[C@@H]3COC[C@@H]32)nc1. The molecule has 2 aliphatic heterocycles. The third-order valence-electron chi connectivity index (χ3n) is 5.84. The first-order chi connectivity index (χ1) is 11.4. The Kier molecular flexibility index (Phi) is 4.93. The highest BCUT2D eigenvalue weighted by atomic mass is 16.5. The molecule has 2 saturated heterocycles. The van der Waals surface area contributed by atoms with Crippen molar-refractivity contribution in [2.45, 2.75) is 50.9 Å². The molecule has 126 valence electrons. The lowest BCUT2D eigenvalue weighted by atomic mass is 9.89. The van der Waals surface area contributed by atoms with E-state index in [1.54, 1.807) is 0 Å². The van der Waals surface area contributed by atoms with E-state index in [-0.39, 0.29) is 0 Å². The standard InChI is InChI=1S/C19H28N2O2/c1-2-6-15(7-3-1)10-21-11-19(17-13-22-14-18(17)21)23-12-16-8-4-5-9-20-16/h4-5,8-9,15,17-19H,1-3,6-7,10-14H2/t17-,18+,19+/m0/s1. The monoisotopic (exact) mass is 316 g/mol. The third kappa shape index (κ3) is 3.59. The molecule has 0 radical (unpaired) electrons. The van der Waals surface area contributed by atoms with Gasteiger partial charge in [-0.05, 0) is 30.9 Å². The van der Waals surface area contributed by atoms with E-state index in [1.807, 2.05) is 24.4 Å². The number of nitrogens with zero attached hydrogens (tertiary/aromatic N) is 2. The molecule has 1 saturated carbocycles. The van der Waals surface area contributed by atoms with Crippen LogP contribution in [0.2, 0.25) is 0 Å². The average Bonchev–Trinajstić information content (AvgIpc) is 3.19. The number of fused-ring (bicyclic) bond motifs is 1. The van der Waals surface area contributed by atoms with Crippen LogP contribution in [0.25, 0.3) is 0 Å². The van der Waals surface area contributed by atoms with Gasteiger partial charge < -0.3 is 9.47 Å². The molecule has 23 heavy (non-hydrogen) atoms. The lowest BCUT2D eigenvalue weighted by molar-refractivity contribution is 0.00668. The number of ether oxygens (including phenoxy) is 2. The Bertz CT molecular complexity index is 489. The van der Waals surface area contributed by atoms with E-state index in [0.717, 1.165) is 31.4 Å². The van der Waals surface area contributed by atoms with Gasteiger partial charge in [-0.2, -0.15) is 0 Å². The highest BCUT2D eigenvalue weighted by molar-refractivity contribution is 5.03. The van der Waals surface area contributed by atoms with Gasteiger partial charge in [-0.1, -0.05) is 25.3 Å². The van der Waals surface area contributed by atoms with Gasteiger partial charge in [0.15, 0.2) is 0 Å². The Hall–Kier alpha value is -0.970. The Morgan fingerprint density at radius 1 is 1.17 bits per heavy atom. The number of rotatable bonds is 5. The molecule has 3 heterocycles. The summed E-state index contributed by atoms with van der Waals surface area (Å²) in [5.41, 5.74) is 1.02. The summed E-state index contributed by atoms with van der Waals surface area (Å²) in [5, 5.41) is 0. The van der Waals surface area contributed by atoms with E-state index < -0.39 is 0 Å². The summed E-state index contributed by atoms with van der Waals surface area (Å²) in [4.78, 5) is 7.03. The number of likely N-dealkylation sites (tertiary alicyclic amines) is 1. The predicted octanol–water partition coefficient (Wildman–Crippen LogP) is 2.88. The van der Waals surface area contributed by atoms with Crippen molar-refractivity contribution in [2.75, 3.05) is 26.3 Å². The summed E-state index contributed by atoms with van der Waals surface area (Å²) in [5.74, 6) is 1.43. The minimum absolute atomic E-state index is 0.299. The van der Waals surface area contributed by atoms with Gasteiger partial charge in [0.25, 0.3) is 0 Å². The van der Waals surface area contributed by atoms with Gasteiger partial charge >= 0.3 is 0 Å². The second-order valence-corrected chi connectivity index (χ2v) is 7.40. The Morgan fingerprint density at radius 3 is 2.91 bits per heavy atom. The topological polar surface area (TPSA) is 34.6 Å². The maximum Gasteiger partial charge on any atom is 0.0892 e. The van der Waals surface area contributed by atoms with Crippen molar-refractivity contribution < 1.29 is 9.47 Å². The zero-order valence-electron chi connectivity index (χ0n) is 13.9. The van der Waals surface area contributed by atoms with Crippen molar-refractivity contribution in [3.63, 3.8) is 0 Å². The van der Waals surface area contributed by atoms with Crippen LogP contribution in [0.15, 0.2) is 24.4 Å². The van der Waals surface area contributed by atoms with Gasteiger partial charge in [0.1, 0.15) is 0 Å². The smallest absolute Gasteiger partial charge is 0.0892 e. The van der Waals surface area contributed by atoms with Crippen molar-refractivity contribution >= 4 is 0 Å². The number of aromatic nitrogens is 1. The Morgan fingerprint density at radius 2 is 2.09 bits per heavy atom. The second-order valence-electron chi connectivity index (χ2n) is 7.40. The predicted molar refractivity (Wildman–Crippen MR) is 89.1 cm³/mol. The molecular weight excluding hydrogens is 288 g/mol. The van der Waals surface area contributed by atoms with E-state index in [9.17, 15) is 0 Å². The van der Waals surface area contributed by atoms with Crippen molar-refractivity contribution in [3.8, 4) is 0 Å². The van der Waals surface area contributed by atoms with E-state index in [0.29, 0.717) is 24.7 Å². The molecule has 1 aliphatic carbocycles. The van der Waals surface area contributed by atoms with Crippen LogP contribution in [0, 0.1) is 11.8 Å². The molecule has 1 aromatic rings. The van der Waals surface area contributed by atoms with Crippen molar-refractivity contribution in [1.29, 1.82) is 0 Å². The summed E-state index contributed by atoms with van der Waals surface area (Å²) in [6.45, 7) is 4.68. The molecule has 0 aromatic carbocycles. The average molecular weight is 316 g/mol. The molecular formula is C19H28N2O2. The Labute approximate surface area is 139 Å². The Balaban J connectivity index is 1.35. The van der Waals surface area contributed by atoms with Crippen molar-refractivity contribution in [2.24, 2.45) is 11.8 Å². The molecule has 3 atom stereocenters. The summed E-state index contributed by atoms with van der Waals surface area (Å²) in [7, 11) is 0. The van der Waals surface area contributed by atoms with Crippen molar-refractivity contribution in [3.05, 3.63) is 30.1 Å². The van der Waals surface area contributed by atoms with E-state index in [4.69, 9.17) is 9.47 Å². The lowest BCUT2D eigenvalue weighted by Crippen LogP contribution is -2.37. The van der Waals surface area contributed by atoms with Gasteiger partial charge in [0, 0.05) is 31.2 Å². The normalized spacial score (nSPS) is 32.3. The van der Waals surface area contributed by atoms with Gasteiger partial charge in [0.2, 0.25) is 0 Å². The molecule has 3 fully saturated rings. The van der Waals surface area contributed by atoms with E-state index >= 15 is 0 Å². The fourth-order valence-electron chi connectivity index (χ4n) is 4.56. The van der Waals surface area contributed by atoms with E-state index in [1.165, 1.54) is 38.6 Å². The molecule has 4 nitrogen and oxygen atoms in total. The molecule has 0 amide bonds. The molecule has 0 N–H and O–H groups in total. The first-order valence-electron chi connectivity index (χ1n) is 9.23. The first-order valence-corrected chi connectivity index (χ1v) is 9.23. The van der Waals surface area contributed by atoms with Gasteiger partial charge in [-0.15, -0.1) is 0 Å². The summed E-state index contributed by atoms with van der Waals surface area (Å²) in [6, 6.07) is 6.59. The zero-order chi connectivity index (χ0) is 15.5. The van der Waals surface area contributed by atoms with Crippen LogP contribution in [0.4, 0.5) is 0 Å². The molecule has 1 aromatic heterocycles. The molecule has 4 rings (SSSR count). The van der Waals surface area contributed by atoms with Crippen LogP contribution in [-0.4, -0.2) is 48.3 Å². The number of pyridine rings is 1. The second kappa shape index (κ2) is 7.29. The zero-order valence-corrected chi connectivity index (χ0v) is 13.9. The first kappa shape index (κ1) is 15.6. The summed E-state index contributed by atoms with van der Waals surface area (Å²) < 4.78 is 12.0. The number of hydrogen-bond donors (Lipinski definition) is 0. The van der Waals surface area contributed by atoms with E-state index in [2.05, 4.69) is 9.88 Å². The summed E-state index contributed by atoms with van der Waals surface area (Å²) >= 11 is 0. The minimum Gasteiger partial charge on any atom is -0.379 e. The highest BCUT2D eigenvalue weighted by Gasteiger charge is 2.46. The molecule has 3 aliphatic rings.